The second-order valence-electron chi connectivity index (χ2n) is 6.25. The van der Waals surface area contributed by atoms with Gasteiger partial charge < -0.3 is 30.5 Å². The van der Waals surface area contributed by atoms with Crippen LogP contribution in [0.5, 0.6) is 0 Å². The molecule has 1 heterocycles. The molecule has 0 saturated carbocycles. The first-order valence-electron chi connectivity index (χ1n) is 8.35. The van der Waals surface area contributed by atoms with Crippen molar-refractivity contribution in [1.82, 2.24) is 9.99 Å². The van der Waals surface area contributed by atoms with Crippen LogP contribution in [0.4, 0.5) is 0 Å². The van der Waals surface area contributed by atoms with Gasteiger partial charge in [-0.25, -0.2) is 9.80 Å². The molecule has 152 valence electrons. The first-order valence-corrected chi connectivity index (χ1v) is 8.35. The van der Waals surface area contributed by atoms with Crippen LogP contribution in [0.1, 0.15) is 5.56 Å². The Morgan fingerprint density at radius 3 is 2.46 bits per heavy atom. The third-order valence-corrected chi connectivity index (χ3v) is 4.39. The molecule has 11 heteroatoms. The molecule has 1 aromatic heterocycles. The molecule has 0 aliphatic carbocycles. The smallest absolute Gasteiger partial charge is 0.328 e. The van der Waals surface area contributed by atoms with Crippen molar-refractivity contribution in [2.75, 3.05) is 13.2 Å². The fraction of sp³-hybridized carbons (Fsp3) is 0.412. The zero-order valence-corrected chi connectivity index (χ0v) is 14.7. The van der Waals surface area contributed by atoms with E-state index in [1.54, 1.807) is 30.5 Å². The number of nitrogens with zero attached hydrogens (tertiary/aromatic N) is 2. The molecule has 0 amide bonds. The number of carboxylic acids is 1. The minimum atomic E-state index is -2.13. The van der Waals surface area contributed by atoms with Crippen LogP contribution in [0, 0.1) is 4.91 Å². The minimum absolute atomic E-state index is 0.156. The lowest BCUT2D eigenvalue weighted by atomic mass is 10.0. The number of rotatable bonds is 11. The number of fused-ring (bicyclic) bond motifs is 1. The number of aliphatic carboxylic acids is 1. The molecule has 28 heavy (non-hydrogen) atoms. The number of nitroso groups, excluding NO2 is 1. The van der Waals surface area contributed by atoms with E-state index in [2.05, 4.69) is 10.3 Å². The van der Waals surface area contributed by atoms with Gasteiger partial charge >= 0.3 is 5.97 Å². The zero-order valence-electron chi connectivity index (χ0n) is 14.7. The fourth-order valence-electron chi connectivity index (χ4n) is 2.79. The van der Waals surface area contributed by atoms with E-state index in [9.17, 15) is 34.9 Å². The lowest BCUT2D eigenvalue weighted by molar-refractivity contribution is -0.147. The summed E-state index contributed by atoms with van der Waals surface area (Å²) in [5.74, 6) is -2.55. The SMILES string of the molecule is O=NN(CC(=O)[C@@H](O)[C@H](O)[C@H](O)CO)[C@@H](Cc1c[nH]c2ccccc12)C(=O)O. The van der Waals surface area contributed by atoms with Gasteiger partial charge in [0.15, 0.2) is 11.8 Å². The summed E-state index contributed by atoms with van der Waals surface area (Å²) >= 11 is 0. The number of H-pyrrole nitrogens is 1. The molecule has 0 saturated heterocycles. The molecule has 0 fully saturated rings. The Morgan fingerprint density at radius 2 is 1.86 bits per heavy atom. The maximum atomic E-state index is 12.1. The van der Waals surface area contributed by atoms with E-state index in [1.807, 2.05) is 0 Å². The quantitative estimate of drug-likeness (QED) is 0.201. The lowest BCUT2D eigenvalue weighted by Crippen LogP contribution is -2.49. The van der Waals surface area contributed by atoms with Gasteiger partial charge in [-0.3, -0.25) is 4.79 Å². The number of carboxylic acid groups (broad SMARTS) is 1. The summed E-state index contributed by atoms with van der Waals surface area (Å²) in [6, 6.07) is 5.60. The van der Waals surface area contributed by atoms with Crippen LogP contribution < -0.4 is 0 Å². The number of benzene rings is 1. The lowest BCUT2D eigenvalue weighted by Gasteiger charge is -2.25. The molecule has 1 aromatic carbocycles. The predicted octanol–water partition coefficient (Wildman–Crippen LogP) is -1.21. The number of aromatic amines is 1. The minimum Gasteiger partial charge on any atom is -0.480 e. The standard InChI is InChI=1S/C17H21N3O8/c21-8-14(23)16(25)15(24)13(22)7-20(19-28)12(17(26)27)5-9-6-18-11-4-2-1-3-10(9)11/h1-4,6,12,14-16,18,21,23-25H,5,7-8H2,(H,26,27)/t12-,14+,15+,16+/m0/s1. The maximum Gasteiger partial charge on any atom is 0.328 e. The average molecular weight is 395 g/mol. The normalized spacial score (nSPS) is 15.6. The highest BCUT2D eigenvalue weighted by Crippen LogP contribution is 2.21. The van der Waals surface area contributed by atoms with E-state index in [0.29, 0.717) is 10.6 Å². The maximum absolute atomic E-state index is 12.1. The molecule has 0 spiro atoms. The fourth-order valence-corrected chi connectivity index (χ4v) is 2.79. The number of hydrogen-bond donors (Lipinski definition) is 6. The summed E-state index contributed by atoms with van der Waals surface area (Å²) in [5.41, 5.74) is 1.35. The van der Waals surface area contributed by atoms with Gasteiger partial charge in [0.25, 0.3) is 0 Å². The monoisotopic (exact) mass is 395 g/mol. The van der Waals surface area contributed by atoms with E-state index in [0.717, 1.165) is 10.9 Å². The van der Waals surface area contributed by atoms with Crippen LogP contribution in [0.15, 0.2) is 35.7 Å². The second-order valence-corrected chi connectivity index (χ2v) is 6.25. The molecule has 6 N–H and O–H groups in total. The summed E-state index contributed by atoms with van der Waals surface area (Å²) in [6.07, 6.45) is -4.48. The van der Waals surface area contributed by atoms with Crippen LogP contribution >= 0.6 is 0 Å². The predicted molar refractivity (Wildman–Crippen MR) is 96.0 cm³/mol. The molecule has 0 unspecified atom stereocenters. The molecule has 0 aliphatic rings. The first kappa shape index (κ1) is 21.4. The number of carbonyl (C=O) groups is 2. The van der Waals surface area contributed by atoms with Crippen molar-refractivity contribution in [3.05, 3.63) is 40.9 Å². The van der Waals surface area contributed by atoms with E-state index < -0.39 is 49.3 Å². The van der Waals surface area contributed by atoms with E-state index in [1.165, 1.54) is 0 Å². The van der Waals surface area contributed by atoms with Gasteiger partial charge in [0.1, 0.15) is 24.9 Å². The highest BCUT2D eigenvalue weighted by molar-refractivity contribution is 5.87. The van der Waals surface area contributed by atoms with Gasteiger partial charge in [0.05, 0.1) is 11.9 Å². The Morgan fingerprint density at radius 1 is 1.18 bits per heavy atom. The molecular formula is C17H21N3O8. The summed E-state index contributed by atoms with van der Waals surface area (Å²) in [4.78, 5) is 37.9. The molecule has 11 nitrogen and oxygen atoms in total. The largest absolute Gasteiger partial charge is 0.480 e. The van der Waals surface area contributed by atoms with Crippen molar-refractivity contribution >= 4 is 22.7 Å². The molecule has 0 bridgehead atoms. The Kier molecular flexibility index (Phi) is 7.18. The van der Waals surface area contributed by atoms with Crippen molar-refractivity contribution in [2.45, 2.75) is 30.8 Å². The molecular weight excluding hydrogens is 374 g/mol. The molecule has 4 atom stereocenters. The van der Waals surface area contributed by atoms with Crippen LogP contribution in [0.2, 0.25) is 0 Å². The van der Waals surface area contributed by atoms with E-state index in [-0.39, 0.29) is 6.42 Å². The number of carbonyl (C=O) groups excluding carboxylic acids is 1. The Balaban J connectivity index is 2.17. The van der Waals surface area contributed by atoms with Gasteiger partial charge in [-0.1, -0.05) is 18.2 Å². The molecule has 0 radical (unpaired) electrons. The second kappa shape index (κ2) is 9.37. The van der Waals surface area contributed by atoms with Crippen molar-refractivity contribution in [2.24, 2.45) is 5.29 Å². The highest BCUT2D eigenvalue weighted by Gasteiger charge is 2.34. The van der Waals surface area contributed by atoms with E-state index >= 15 is 0 Å². The number of aliphatic hydroxyl groups is 4. The summed E-state index contributed by atoms with van der Waals surface area (Å²) in [6.45, 7) is -1.81. The number of aliphatic hydroxyl groups excluding tert-OH is 4. The number of aromatic nitrogens is 1. The third-order valence-electron chi connectivity index (χ3n) is 4.39. The molecule has 2 aromatic rings. The number of para-hydroxylation sites is 1. The van der Waals surface area contributed by atoms with Crippen LogP contribution in [0.25, 0.3) is 10.9 Å². The van der Waals surface area contributed by atoms with Crippen molar-refractivity contribution in [3.8, 4) is 0 Å². The highest BCUT2D eigenvalue weighted by atomic mass is 16.4. The number of Topliss-reactive ketones (excluding diaryl/α,β-unsaturated/α-hetero) is 1. The molecule has 0 aliphatic heterocycles. The molecule has 2 rings (SSSR count). The van der Waals surface area contributed by atoms with Crippen molar-refractivity contribution in [1.29, 1.82) is 0 Å². The number of ketones is 1. The Labute approximate surface area is 158 Å². The summed E-state index contributed by atoms with van der Waals surface area (Å²) in [5, 5.41) is 50.7. The average Bonchev–Trinajstić information content (AvgIpc) is 3.11. The van der Waals surface area contributed by atoms with Gasteiger partial charge in [-0.05, 0) is 11.6 Å². The van der Waals surface area contributed by atoms with Gasteiger partial charge in [-0.15, -0.1) is 4.91 Å². The Bertz CT molecular complexity index is 839. The first-order chi connectivity index (χ1) is 13.3. The Hall–Kier alpha value is -2.86. The van der Waals surface area contributed by atoms with E-state index in [4.69, 9.17) is 5.11 Å². The zero-order chi connectivity index (χ0) is 20.8. The van der Waals surface area contributed by atoms with Crippen molar-refractivity contribution in [3.63, 3.8) is 0 Å². The summed E-state index contributed by atoms with van der Waals surface area (Å²) in [7, 11) is 0. The van der Waals surface area contributed by atoms with Gasteiger partial charge in [0, 0.05) is 23.5 Å². The van der Waals surface area contributed by atoms with Crippen LogP contribution in [-0.4, -0.2) is 84.8 Å². The topological polar surface area (TPSA) is 184 Å². The van der Waals surface area contributed by atoms with Crippen LogP contribution in [-0.2, 0) is 16.0 Å². The summed E-state index contributed by atoms with van der Waals surface area (Å²) < 4.78 is 0. The number of nitrogens with one attached hydrogen (secondary N) is 1. The van der Waals surface area contributed by atoms with Gasteiger partial charge in [0.2, 0.25) is 0 Å². The van der Waals surface area contributed by atoms with Gasteiger partial charge in [-0.2, -0.15) is 0 Å². The van der Waals surface area contributed by atoms with Crippen LogP contribution in [0.3, 0.4) is 0 Å². The van der Waals surface area contributed by atoms with Crippen molar-refractivity contribution < 1.29 is 35.1 Å². The third kappa shape index (κ3) is 4.70. The number of hydrogen-bond acceptors (Lipinski definition) is 8.